The molecule has 0 bridgehead atoms. The number of hydrogen-bond acceptors (Lipinski definition) is 4. The van der Waals surface area contributed by atoms with Gasteiger partial charge in [-0.2, -0.15) is 5.10 Å². The van der Waals surface area contributed by atoms with Crippen LogP contribution in [-0.2, 0) is 16.6 Å². The van der Waals surface area contributed by atoms with Crippen LogP contribution >= 0.6 is 0 Å². The van der Waals surface area contributed by atoms with Gasteiger partial charge in [-0.25, -0.2) is 0 Å². The molecule has 1 aromatic rings. The maximum atomic E-state index is 11.9. The molecule has 6 heteroatoms. The summed E-state index contributed by atoms with van der Waals surface area (Å²) in [6, 6.07) is 0. The highest BCUT2D eigenvalue weighted by molar-refractivity contribution is 5.91. The summed E-state index contributed by atoms with van der Waals surface area (Å²) in [5.41, 5.74) is 0.849. The molecular weight excluding hydrogens is 268 g/mol. The van der Waals surface area contributed by atoms with Crippen molar-refractivity contribution in [2.24, 2.45) is 7.05 Å². The molecule has 0 saturated carbocycles. The van der Waals surface area contributed by atoms with Crippen molar-refractivity contribution in [3.05, 3.63) is 24.0 Å². The predicted octanol–water partition coefficient (Wildman–Crippen LogP) is 0.660. The fraction of sp³-hybridized carbons (Fsp3) is 0.600. The standard InChI is InChI=1S/C15H24N4O2/c1-15(2,19-6-8-21-9-7-19)12-16-14(20)5-4-13-10-17-18(3)11-13/h4-5,10-11H,6-9,12H2,1-3H3,(H,16,20)/b5-4-. The Bertz CT molecular complexity index is 502. The maximum absolute atomic E-state index is 11.9. The lowest BCUT2D eigenvalue weighted by Gasteiger charge is -2.40. The molecule has 2 rings (SSSR count). The van der Waals surface area contributed by atoms with Crippen LogP contribution in [0.15, 0.2) is 18.5 Å². The number of nitrogens with zero attached hydrogens (tertiary/aromatic N) is 3. The number of carbonyl (C=O) groups excluding carboxylic acids is 1. The lowest BCUT2D eigenvalue weighted by atomic mass is 10.0. The van der Waals surface area contributed by atoms with Crippen molar-refractivity contribution in [2.75, 3.05) is 32.8 Å². The molecular formula is C15H24N4O2. The van der Waals surface area contributed by atoms with Crippen molar-refractivity contribution in [3.63, 3.8) is 0 Å². The molecule has 2 heterocycles. The van der Waals surface area contributed by atoms with Gasteiger partial charge in [0.1, 0.15) is 0 Å². The van der Waals surface area contributed by atoms with E-state index in [0.29, 0.717) is 6.54 Å². The van der Waals surface area contributed by atoms with Crippen molar-refractivity contribution in [1.82, 2.24) is 20.0 Å². The lowest BCUT2D eigenvalue weighted by molar-refractivity contribution is -0.117. The molecule has 0 atom stereocenters. The first kappa shape index (κ1) is 15.7. The number of aromatic nitrogens is 2. The van der Waals surface area contributed by atoms with Gasteiger partial charge in [-0.15, -0.1) is 0 Å². The monoisotopic (exact) mass is 292 g/mol. The molecule has 0 spiro atoms. The van der Waals surface area contributed by atoms with Crippen LogP contribution < -0.4 is 5.32 Å². The summed E-state index contributed by atoms with van der Waals surface area (Å²) in [5, 5.41) is 7.02. The van der Waals surface area contributed by atoms with E-state index in [1.807, 2.05) is 13.2 Å². The number of ether oxygens (including phenoxy) is 1. The van der Waals surface area contributed by atoms with Crippen LogP contribution in [0.1, 0.15) is 19.4 Å². The quantitative estimate of drug-likeness (QED) is 0.810. The largest absolute Gasteiger partial charge is 0.379 e. The van der Waals surface area contributed by atoms with E-state index in [-0.39, 0.29) is 11.4 Å². The number of carbonyl (C=O) groups is 1. The molecule has 0 aliphatic carbocycles. The van der Waals surface area contributed by atoms with Crippen LogP contribution in [-0.4, -0.2) is 59.0 Å². The zero-order chi connectivity index (χ0) is 15.3. The summed E-state index contributed by atoms with van der Waals surface area (Å²) in [4.78, 5) is 14.2. The van der Waals surface area contributed by atoms with Crippen LogP contribution in [0.4, 0.5) is 0 Å². The van der Waals surface area contributed by atoms with E-state index in [1.165, 1.54) is 0 Å². The van der Waals surface area contributed by atoms with E-state index >= 15 is 0 Å². The predicted molar refractivity (Wildman–Crippen MR) is 81.7 cm³/mol. The van der Waals surface area contributed by atoms with E-state index in [9.17, 15) is 4.79 Å². The fourth-order valence-corrected chi connectivity index (χ4v) is 2.34. The van der Waals surface area contributed by atoms with Gasteiger partial charge in [0.2, 0.25) is 5.91 Å². The third-order valence-corrected chi connectivity index (χ3v) is 3.71. The molecule has 0 radical (unpaired) electrons. The fourth-order valence-electron chi connectivity index (χ4n) is 2.34. The Labute approximate surface area is 125 Å². The molecule has 1 aliphatic heterocycles. The highest BCUT2D eigenvalue weighted by atomic mass is 16.5. The Hall–Kier alpha value is -1.66. The summed E-state index contributed by atoms with van der Waals surface area (Å²) in [7, 11) is 1.85. The second-order valence-electron chi connectivity index (χ2n) is 5.91. The molecule has 1 aliphatic rings. The Morgan fingerprint density at radius 1 is 1.48 bits per heavy atom. The highest BCUT2D eigenvalue weighted by Crippen LogP contribution is 2.15. The average molecular weight is 292 g/mol. The smallest absolute Gasteiger partial charge is 0.244 e. The SMILES string of the molecule is Cn1cc(/C=C\C(=O)NCC(C)(C)N2CCOCC2)cn1. The molecule has 1 amide bonds. The van der Waals surface area contributed by atoms with Gasteiger partial charge in [-0.1, -0.05) is 0 Å². The van der Waals surface area contributed by atoms with E-state index < -0.39 is 0 Å². The Morgan fingerprint density at radius 3 is 2.81 bits per heavy atom. The lowest BCUT2D eigenvalue weighted by Crippen LogP contribution is -2.55. The van der Waals surface area contributed by atoms with Crippen LogP contribution in [0.5, 0.6) is 0 Å². The maximum Gasteiger partial charge on any atom is 0.244 e. The molecule has 1 saturated heterocycles. The average Bonchev–Trinajstić information content (AvgIpc) is 2.90. The van der Waals surface area contributed by atoms with Crippen molar-refractivity contribution in [1.29, 1.82) is 0 Å². The Morgan fingerprint density at radius 2 is 2.19 bits per heavy atom. The van der Waals surface area contributed by atoms with E-state index in [2.05, 4.69) is 29.2 Å². The van der Waals surface area contributed by atoms with Crippen LogP contribution in [0.25, 0.3) is 6.08 Å². The molecule has 1 N–H and O–H groups in total. The molecule has 1 fully saturated rings. The van der Waals surface area contributed by atoms with E-state index in [1.54, 1.807) is 23.0 Å². The van der Waals surface area contributed by atoms with Crippen molar-refractivity contribution in [2.45, 2.75) is 19.4 Å². The first-order chi connectivity index (χ1) is 9.97. The molecule has 116 valence electrons. The van der Waals surface area contributed by atoms with Gasteiger partial charge >= 0.3 is 0 Å². The van der Waals surface area contributed by atoms with Crippen molar-refractivity contribution in [3.8, 4) is 0 Å². The normalized spacial score (nSPS) is 17.3. The van der Waals surface area contributed by atoms with Crippen molar-refractivity contribution < 1.29 is 9.53 Å². The minimum atomic E-state index is -0.0832. The molecule has 0 unspecified atom stereocenters. The molecule has 21 heavy (non-hydrogen) atoms. The highest BCUT2D eigenvalue weighted by Gasteiger charge is 2.28. The van der Waals surface area contributed by atoms with Crippen LogP contribution in [0.2, 0.25) is 0 Å². The second-order valence-corrected chi connectivity index (χ2v) is 5.91. The van der Waals surface area contributed by atoms with Gasteiger partial charge in [0, 0.05) is 50.1 Å². The minimum absolute atomic E-state index is 0.0679. The summed E-state index contributed by atoms with van der Waals surface area (Å²) in [6.45, 7) is 8.25. The number of morpholine rings is 1. The zero-order valence-electron chi connectivity index (χ0n) is 13.0. The van der Waals surface area contributed by atoms with Gasteiger partial charge in [-0.3, -0.25) is 14.4 Å². The summed E-state index contributed by atoms with van der Waals surface area (Å²) < 4.78 is 7.07. The van der Waals surface area contributed by atoms with Gasteiger partial charge in [0.15, 0.2) is 0 Å². The zero-order valence-corrected chi connectivity index (χ0v) is 13.0. The number of aryl methyl sites for hydroxylation is 1. The number of nitrogens with one attached hydrogen (secondary N) is 1. The van der Waals surface area contributed by atoms with E-state index in [4.69, 9.17) is 4.74 Å². The Kier molecular flexibility index (Phi) is 5.14. The molecule has 6 nitrogen and oxygen atoms in total. The van der Waals surface area contributed by atoms with Gasteiger partial charge in [0.25, 0.3) is 0 Å². The van der Waals surface area contributed by atoms with Crippen LogP contribution in [0, 0.1) is 0 Å². The first-order valence-electron chi connectivity index (χ1n) is 7.25. The second kappa shape index (κ2) is 6.87. The number of hydrogen-bond donors (Lipinski definition) is 1. The van der Waals surface area contributed by atoms with Gasteiger partial charge in [0.05, 0.1) is 19.4 Å². The Balaban J connectivity index is 1.81. The van der Waals surface area contributed by atoms with Gasteiger partial charge < -0.3 is 10.1 Å². The molecule has 0 aromatic carbocycles. The third kappa shape index (κ3) is 4.68. The van der Waals surface area contributed by atoms with Gasteiger partial charge in [-0.05, 0) is 19.9 Å². The summed E-state index contributed by atoms with van der Waals surface area (Å²) in [5.74, 6) is -0.0832. The first-order valence-corrected chi connectivity index (χ1v) is 7.25. The topological polar surface area (TPSA) is 59.4 Å². The summed E-state index contributed by atoms with van der Waals surface area (Å²) in [6.07, 6.45) is 6.90. The number of amides is 1. The minimum Gasteiger partial charge on any atom is -0.379 e. The van der Waals surface area contributed by atoms with Crippen LogP contribution in [0.3, 0.4) is 0 Å². The third-order valence-electron chi connectivity index (χ3n) is 3.71. The summed E-state index contributed by atoms with van der Waals surface area (Å²) >= 11 is 0. The van der Waals surface area contributed by atoms with E-state index in [0.717, 1.165) is 31.9 Å². The number of rotatable bonds is 5. The van der Waals surface area contributed by atoms with Crippen molar-refractivity contribution >= 4 is 12.0 Å². The molecule has 1 aromatic heterocycles.